The SMILES string of the molecule is COCCN1CCN(c2cccc(OC(F)(F)F)c2F)CC1. The van der Waals surface area contributed by atoms with E-state index in [4.69, 9.17) is 4.74 Å². The zero-order valence-corrected chi connectivity index (χ0v) is 12.2. The largest absolute Gasteiger partial charge is 0.573 e. The van der Waals surface area contributed by atoms with Crippen LogP contribution in [-0.4, -0.2) is 57.7 Å². The van der Waals surface area contributed by atoms with Crippen molar-refractivity contribution in [3.05, 3.63) is 24.0 Å². The summed E-state index contributed by atoms with van der Waals surface area (Å²) < 4.78 is 59.6. The molecule has 0 amide bonds. The Balaban J connectivity index is 2.03. The molecule has 1 aliphatic rings. The van der Waals surface area contributed by atoms with E-state index in [1.807, 2.05) is 0 Å². The van der Waals surface area contributed by atoms with Gasteiger partial charge >= 0.3 is 6.36 Å². The standard InChI is InChI=1S/C14H18F4N2O2/c1-21-10-9-19-5-7-20(8-6-19)11-3-2-4-12(13(11)15)22-14(16,17)18/h2-4H,5-10H2,1H3. The van der Waals surface area contributed by atoms with Gasteiger partial charge in [0, 0.05) is 39.8 Å². The summed E-state index contributed by atoms with van der Waals surface area (Å²) in [5.74, 6) is -1.78. The Bertz CT molecular complexity index is 488. The van der Waals surface area contributed by atoms with Crippen LogP contribution in [0.4, 0.5) is 23.2 Å². The lowest BCUT2D eigenvalue weighted by Crippen LogP contribution is -2.47. The van der Waals surface area contributed by atoms with Crippen molar-refractivity contribution in [2.45, 2.75) is 6.36 Å². The molecule has 0 N–H and O–H groups in total. The summed E-state index contributed by atoms with van der Waals surface area (Å²) in [6.45, 7) is 3.87. The van der Waals surface area contributed by atoms with Crippen molar-refractivity contribution in [2.75, 3.05) is 51.3 Å². The van der Waals surface area contributed by atoms with Crippen molar-refractivity contribution in [1.29, 1.82) is 0 Å². The van der Waals surface area contributed by atoms with E-state index in [0.29, 0.717) is 32.8 Å². The van der Waals surface area contributed by atoms with Gasteiger partial charge in [0.15, 0.2) is 11.6 Å². The number of methoxy groups -OCH3 is 1. The van der Waals surface area contributed by atoms with Crippen LogP contribution in [0.25, 0.3) is 0 Å². The van der Waals surface area contributed by atoms with Crippen LogP contribution in [0.3, 0.4) is 0 Å². The van der Waals surface area contributed by atoms with Crippen LogP contribution < -0.4 is 9.64 Å². The maximum Gasteiger partial charge on any atom is 0.573 e. The van der Waals surface area contributed by atoms with Gasteiger partial charge in [0.1, 0.15) is 0 Å². The smallest absolute Gasteiger partial charge is 0.403 e. The first-order valence-electron chi connectivity index (χ1n) is 6.91. The second-order valence-corrected chi connectivity index (χ2v) is 4.96. The van der Waals surface area contributed by atoms with Gasteiger partial charge in [-0.2, -0.15) is 0 Å². The molecule has 0 spiro atoms. The normalized spacial score (nSPS) is 16.9. The van der Waals surface area contributed by atoms with Crippen LogP contribution >= 0.6 is 0 Å². The number of anilines is 1. The predicted octanol–water partition coefficient (Wildman–Crippen LogP) is 2.49. The Morgan fingerprint density at radius 3 is 2.41 bits per heavy atom. The number of hydrogen-bond donors (Lipinski definition) is 0. The van der Waals surface area contributed by atoms with Gasteiger partial charge in [-0.25, -0.2) is 4.39 Å². The predicted molar refractivity (Wildman–Crippen MR) is 73.6 cm³/mol. The Hall–Kier alpha value is -1.54. The lowest BCUT2D eigenvalue weighted by molar-refractivity contribution is -0.275. The molecule has 8 heteroatoms. The van der Waals surface area contributed by atoms with E-state index in [9.17, 15) is 17.6 Å². The maximum absolute atomic E-state index is 14.2. The highest BCUT2D eigenvalue weighted by molar-refractivity contribution is 5.53. The van der Waals surface area contributed by atoms with Gasteiger partial charge < -0.3 is 14.4 Å². The van der Waals surface area contributed by atoms with Crippen molar-refractivity contribution < 1.29 is 27.0 Å². The van der Waals surface area contributed by atoms with Gasteiger partial charge in [-0.15, -0.1) is 13.2 Å². The average Bonchev–Trinajstić information content (AvgIpc) is 2.47. The van der Waals surface area contributed by atoms with Crippen molar-refractivity contribution in [3.63, 3.8) is 0 Å². The molecular weight excluding hydrogens is 304 g/mol. The Kier molecular flexibility index (Phi) is 5.47. The van der Waals surface area contributed by atoms with Crippen molar-refractivity contribution >= 4 is 5.69 Å². The Morgan fingerprint density at radius 1 is 1.14 bits per heavy atom. The highest BCUT2D eigenvalue weighted by Crippen LogP contribution is 2.31. The molecule has 1 saturated heterocycles. The number of ether oxygens (including phenoxy) is 2. The van der Waals surface area contributed by atoms with Gasteiger partial charge in [-0.1, -0.05) is 6.07 Å². The summed E-state index contributed by atoms with van der Waals surface area (Å²) in [6.07, 6.45) is -4.90. The Morgan fingerprint density at radius 2 is 1.82 bits per heavy atom. The molecule has 22 heavy (non-hydrogen) atoms. The van der Waals surface area contributed by atoms with Gasteiger partial charge in [-0.3, -0.25) is 4.90 Å². The third-order valence-corrected chi connectivity index (χ3v) is 3.49. The van der Waals surface area contributed by atoms with Crippen LogP contribution in [0.2, 0.25) is 0 Å². The van der Waals surface area contributed by atoms with Crippen molar-refractivity contribution in [2.24, 2.45) is 0 Å². The molecule has 1 fully saturated rings. The lowest BCUT2D eigenvalue weighted by atomic mass is 10.2. The average molecular weight is 322 g/mol. The van der Waals surface area contributed by atoms with E-state index in [-0.39, 0.29) is 5.69 Å². The minimum Gasteiger partial charge on any atom is -0.403 e. The van der Waals surface area contributed by atoms with E-state index >= 15 is 0 Å². The minimum atomic E-state index is -4.90. The first kappa shape index (κ1) is 16.8. The molecule has 4 nitrogen and oxygen atoms in total. The van der Waals surface area contributed by atoms with Gasteiger partial charge in [0.05, 0.1) is 12.3 Å². The number of nitrogens with zero attached hydrogens (tertiary/aromatic N) is 2. The highest BCUT2D eigenvalue weighted by Gasteiger charge is 2.33. The molecule has 0 atom stereocenters. The molecule has 0 aliphatic carbocycles. The lowest BCUT2D eigenvalue weighted by Gasteiger charge is -2.36. The van der Waals surface area contributed by atoms with Crippen molar-refractivity contribution in [1.82, 2.24) is 4.90 Å². The molecule has 1 aromatic rings. The van der Waals surface area contributed by atoms with Crippen LogP contribution in [-0.2, 0) is 4.74 Å². The van der Waals surface area contributed by atoms with Crippen LogP contribution in [0.15, 0.2) is 18.2 Å². The maximum atomic E-state index is 14.2. The number of halogens is 4. The number of benzene rings is 1. The van der Waals surface area contributed by atoms with Gasteiger partial charge in [-0.05, 0) is 12.1 Å². The van der Waals surface area contributed by atoms with Gasteiger partial charge in [0.25, 0.3) is 0 Å². The molecule has 0 radical (unpaired) electrons. The number of piperazine rings is 1. The van der Waals surface area contributed by atoms with Crippen LogP contribution in [0, 0.1) is 5.82 Å². The molecule has 0 unspecified atom stereocenters. The summed E-state index contributed by atoms with van der Waals surface area (Å²) in [5.41, 5.74) is 0.133. The molecule has 0 bridgehead atoms. The van der Waals surface area contributed by atoms with E-state index in [1.54, 1.807) is 12.0 Å². The monoisotopic (exact) mass is 322 g/mol. The minimum absolute atomic E-state index is 0.133. The quantitative estimate of drug-likeness (QED) is 0.778. The molecule has 124 valence electrons. The molecule has 1 aliphatic heterocycles. The number of alkyl halides is 3. The van der Waals surface area contributed by atoms with Crippen LogP contribution in [0.1, 0.15) is 0 Å². The third-order valence-electron chi connectivity index (χ3n) is 3.49. The molecular formula is C14H18F4N2O2. The first-order valence-corrected chi connectivity index (χ1v) is 6.91. The zero-order valence-electron chi connectivity index (χ0n) is 12.2. The summed E-state index contributed by atoms with van der Waals surface area (Å²) in [5, 5.41) is 0. The van der Waals surface area contributed by atoms with E-state index in [0.717, 1.165) is 12.6 Å². The summed E-state index contributed by atoms with van der Waals surface area (Å²) in [6, 6.07) is 3.79. The van der Waals surface area contributed by atoms with E-state index in [1.165, 1.54) is 12.1 Å². The second-order valence-electron chi connectivity index (χ2n) is 4.96. The Labute approximate surface area is 126 Å². The van der Waals surface area contributed by atoms with E-state index in [2.05, 4.69) is 9.64 Å². The van der Waals surface area contributed by atoms with Gasteiger partial charge in [0.2, 0.25) is 0 Å². The van der Waals surface area contributed by atoms with Crippen LogP contribution in [0.5, 0.6) is 5.75 Å². The summed E-state index contributed by atoms with van der Waals surface area (Å²) in [4.78, 5) is 3.88. The fourth-order valence-electron chi connectivity index (χ4n) is 2.38. The number of hydrogen-bond acceptors (Lipinski definition) is 4. The molecule has 0 aromatic heterocycles. The zero-order chi connectivity index (χ0) is 16.2. The molecule has 0 saturated carbocycles. The third kappa shape index (κ3) is 4.48. The van der Waals surface area contributed by atoms with E-state index < -0.39 is 17.9 Å². The fraction of sp³-hybridized carbons (Fsp3) is 0.571. The topological polar surface area (TPSA) is 24.9 Å². The first-order chi connectivity index (χ1) is 10.4. The second kappa shape index (κ2) is 7.15. The molecule has 1 heterocycles. The molecule has 1 aromatic carbocycles. The van der Waals surface area contributed by atoms with Crippen molar-refractivity contribution in [3.8, 4) is 5.75 Å². The molecule has 2 rings (SSSR count). The number of rotatable bonds is 5. The highest BCUT2D eigenvalue weighted by atomic mass is 19.4. The summed E-state index contributed by atoms with van der Waals surface area (Å²) >= 11 is 0. The fourth-order valence-corrected chi connectivity index (χ4v) is 2.38. The summed E-state index contributed by atoms with van der Waals surface area (Å²) in [7, 11) is 1.62.